The molecule has 3 aromatic heterocycles. The molecule has 0 aliphatic carbocycles. The van der Waals surface area contributed by atoms with Crippen molar-refractivity contribution in [1.82, 2.24) is 24.6 Å². The predicted octanol–water partition coefficient (Wildman–Crippen LogP) is 2.05. The van der Waals surface area contributed by atoms with Gasteiger partial charge in [0.15, 0.2) is 0 Å². The Balaban J connectivity index is 1.62. The van der Waals surface area contributed by atoms with Gasteiger partial charge < -0.3 is 15.3 Å². The summed E-state index contributed by atoms with van der Waals surface area (Å²) in [6, 6.07) is 8.21. The maximum Gasteiger partial charge on any atom is 0.326 e. The van der Waals surface area contributed by atoms with Gasteiger partial charge in [0, 0.05) is 37.0 Å². The molecule has 3 aromatic rings. The summed E-state index contributed by atoms with van der Waals surface area (Å²) in [7, 11) is 1.82. The lowest BCUT2D eigenvalue weighted by Gasteiger charge is -2.19. The van der Waals surface area contributed by atoms with Crippen LogP contribution in [-0.4, -0.2) is 47.7 Å². The number of amides is 1. The average Bonchev–Trinajstić information content (AvgIpc) is 3.24. The highest BCUT2D eigenvalue weighted by Gasteiger charge is 2.35. The summed E-state index contributed by atoms with van der Waals surface area (Å²) in [5.41, 5.74) is 2.43. The van der Waals surface area contributed by atoms with E-state index in [0.29, 0.717) is 17.2 Å². The van der Waals surface area contributed by atoms with Crippen LogP contribution < -0.4 is 5.32 Å². The third-order valence-electron chi connectivity index (χ3n) is 4.74. The monoisotopic (exact) mass is 378 g/mol. The SMILES string of the molecule is CC(C(=O)O)N1Cc2ccc(-c3ccnc(Nc4ccnn4C)c3)nc2C1=O. The van der Waals surface area contributed by atoms with Gasteiger partial charge in [0.1, 0.15) is 23.4 Å². The molecular formula is C19H18N6O3. The third-order valence-corrected chi connectivity index (χ3v) is 4.74. The lowest BCUT2D eigenvalue weighted by molar-refractivity contribution is -0.141. The van der Waals surface area contributed by atoms with Crippen LogP contribution in [0.2, 0.25) is 0 Å². The molecule has 0 saturated carbocycles. The second kappa shape index (κ2) is 6.76. The fourth-order valence-corrected chi connectivity index (χ4v) is 3.09. The molecule has 1 unspecified atom stereocenters. The van der Waals surface area contributed by atoms with Gasteiger partial charge in [-0.15, -0.1) is 0 Å². The first-order valence-electron chi connectivity index (χ1n) is 8.69. The van der Waals surface area contributed by atoms with E-state index in [0.717, 1.165) is 16.9 Å². The van der Waals surface area contributed by atoms with Gasteiger partial charge in [-0.3, -0.25) is 9.48 Å². The third kappa shape index (κ3) is 3.07. The van der Waals surface area contributed by atoms with Crippen LogP contribution in [0.3, 0.4) is 0 Å². The first-order chi connectivity index (χ1) is 13.4. The molecule has 2 N–H and O–H groups in total. The number of carboxylic acids is 1. The molecule has 0 radical (unpaired) electrons. The molecule has 142 valence electrons. The average molecular weight is 378 g/mol. The Labute approximate surface area is 160 Å². The van der Waals surface area contributed by atoms with Crippen LogP contribution in [0.4, 0.5) is 11.6 Å². The first-order valence-corrected chi connectivity index (χ1v) is 8.69. The predicted molar refractivity (Wildman–Crippen MR) is 101 cm³/mol. The maximum atomic E-state index is 12.6. The highest BCUT2D eigenvalue weighted by Crippen LogP contribution is 2.28. The van der Waals surface area contributed by atoms with Crippen LogP contribution in [0.5, 0.6) is 0 Å². The molecule has 1 aliphatic heterocycles. The molecular weight excluding hydrogens is 360 g/mol. The molecule has 1 aliphatic rings. The largest absolute Gasteiger partial charge is 0.480 e. The molecule has 4 rings (SSSR count). The van der Waals surface area contributed by atoms with E-state index in [9.17, 15) is 14.7 Å². The van der Waals surface area contributed by atoms with Gasteiger partial charge in [-0.25, -0.2) is 14.8 Å². The minimum atomic E-state index is -1.04. The Morgan fingerprint density at radius 3 is 2.79 bits per heavy atom. The second-order valence-corrected chi connectivity index (χ2v) is 6.55. The number of rotatable bonds is 5. The summed E-state index contributed by atoms with van der Waals surface area (Å²) >= 11 is 0. The number of aryl methyl sites for hydroxylation is 1. The number of carbonyl (C=O) groups excluding carboxylic acids is 1. The topological polar surface area (TPSA) is 113 Å². The number of pyridine rings is 2. The quantitative estimate of drug-likeness (QED) is 0.698. The lowest BCUT2D eigenvalue weighted by atomic mass is 10.1. The molecule has 1 atom stereocenters. The van der Waals surface area contributed by atoms with Gasteiger partial charge in [-0.2, -0.15) is 5.10 Å². The zero-order chi connectivity index (χ0) is 19.8. The van der Waals surface area contributed by atoms with E-state index in [1.807, 2.05) is 31.3 Å². The van der Waals surface area contributed by atoms with Crippen molar-refractivity contribution < 1.29 is 14.7 Å². The molecule has 28 heavy (non-hydrogen) atoms. The van der Waals surface area contributed by atoms with Crippen molar-refractivity contribution in [3.8, 4) is 11.3 Å². The fourth-order valence-electron chi connectivity index (χ4n) is 3.09. The van der Waals surface area contributed by atoms with Gasteiger partial charge in [-0.1, -0.05) is 6.07 Å². The highest BCUT2D eigenvalue weighted by molar-refractivity contribution is 5.99. The van der Waals surface area contributed by atoms with Gasteiger partial charge in [0.2, 0.25) is 0 Å². The van der Waals surface area contributed by atoms with E-state index in [1.54, 1.807) is 23.1 Å². The Hall–Kier alpha value is -3.75. The molecule has 0 spiro atoms. The fraction of sp³-hybridized carbons (Fsp3) is 0.211. The number of hydrogen-bond donors (Lipinski definition) is 2. The van der Waals surface area contributed by atoms with Crippen LogP contribution in [-0.2, 0) is 18.4 Å². The zero-order valence-corrected chi connectivity index (χ0v) is 15.3. The summed E-state index contributed by atoms with van der Waals surface area (Å²) < 4.78 is 1.69. The van der Waals surface area contributed by atoms with Crippen molar-refractivity contribution in [3.05, 3.63) is 54.0 Å². The number of aliphatic carboxylic acids is 1. The standard InChI is InChI=1S/C19H18N6O3/c1-11(19(27)28)25-10-13-3-4-14(22-17(13)18(25)26)12-5-7-20-15(9-12)23-16-6-8-21-24(16)2/h3-9,11H,10H2,1-2H3,(H,20,23)(H,27,28). The second-order valence-electron chi connectivity index (χ2n) is 6.55. The van der Waals surface area contributed by atoms with Gasteiger partial charge in [0.05, 0.1) is 11.9 Å². The van der Waals surface area contributed by atoms with Crippen LogP contribution in [0.15, 0.2) is 42.7 Å². The molecule has 0 fully saturated rings. The summed E-state index contributed by atoms with van der Waals surface area (Å²) in [5.74, 6) is 0.00586. The normalized spacial score (nSPS) is 14.1. The molecule has 9 heteroatoms. The number of nitrogens with zero attached hydrogens (tertiary/aromatic N) is 5. The number of aromatic nitrogens is 4. The lowest BCUT2D eigenvalue weighted by Crippen LogP contribution is -2.39. The number of hydrogen-bond acceptors (Lipinski definition) is 6. The van der Waals surface area contributed by atoms with Crippen LogP contribution >= 0.6 is 0 Å². The Kier molecular flexibility index (Phi) is 4.26. The van der Waals surface area contributed by atoms with Crippen molar-refractivity contribution in [1.29, 1.82) is 0 Å². The van der Waals surface area contributed by atoms with E-state index in [1.165, 1.54) is 11.8 Å². The first kappa shape index (κ1) is 17.7. The smallest absolute Gasteiger partial charge is 0.326 e. The Morgan fingerprint density at radius 2 is 2.07 bits per heavy atom. The molecule has 9 nitrogen and oxygen atoms in total. The Bertz CT molecular complexity index is 1080. The summed E-state index contributed by atoms with van der Waals surface area (Å²) in [5, 5.41) is 16.5. The zero-order valence-electron chi connectivity index (χ0n) is 15.3. The summed E-state index contributed by atoms with van der Waals surface area (Å²) in [6.07, 6.45) is 3.34. The minimum absolute atomic E-state index is 0.249. The van der Waals surface area contributed by atoms with Crippen LogP contribution in [0.25, 0.3) is 11.3 Å². The van der Waals surface area contributed by atoms with E-state index < -0.39 is 12.0 Å². The number of nitrogens with one attached hydrogen (secondary N) is 1. The van der Waals surface area contributed by atoms with Crippen molar-refractivity contribution in [3.63, 3.8) is 0 Å². The number of fused-ring (bicyclic) bond motifs is 1. The van der Waals surface area contributed by atoms with Crippen molar-refractivity contribution in [2.75, 3.05) is 5.32 Å². The summed E-state index contributed by atoms with van der Waals surface area (Å²) in [6.45, 7) is 1.74. The minimum Gasteiger partial charge on any atom is -0.480 e. The van der Waals surface area contributed by atoms with Gasteiger partial charge in [-0.05, 0) is 25.1 Å². The summed E-state index contributed by atoms with van der Waals surface area (Å²) in [4.78, 5) is 33.9. The maximum absolute atomic E-state index is 12.6. The molecule has 0 aromatic carbocycles. The molecule has 1 amide bonds. The Morgan fingerprint density at radius 1 is 1.25 bits per heavy atom. The van der Waals surface area contributed by atoms with E-state index >= 15 is 0 Å². The number of anilines is 2. The number of carboxylic acid groups (broad SMARTS) is 1. The van der Waals surface area contributed by atoms with E-state index in [-0.39, 0.29) is 12.5 Å². The van der Waals surface area contributed by atoms with Crippen molar-refractivity contribution in [2.45, 2.75) is 19.5 Å². The highest BCUT2D eigenvalue weighted by atomic mass is 16.4. The molecule has 0 saturated heterocycles. The molecule has 4 heterocycles. The number of carbonyl (C=O) groups is 2. The molecule has 0 bridgehead atoms. The van der Waals surface area contributed by atoms with E-state index in [2.05, 4.69) is 20.4 Å². The van der Waals surface area contributed by atoms with Crippen LogP contribution in [0.1, 0.15) is 23.0 Å². The van der Waals surface area contributed by atoms with Crippen molar-refractivity contribution >= 4 is 23.5 Å². The van der Waals surface area contributed by atoms with Gasteiger partial charge in [0.25, 0.3) is 5.91 Å². The van der Waals surface area contributed by atoms with Crippen molar-refractivity contribution in [2.24, 2.45) is 7.05 Å². The van der Waals surface area contributed by atoms with E-state index in [4.69, 9.17) is 0 Å². The van der Waals surface area contributed by atoms with Crippen LogP contribution in [0, 0.1) is 0 Å². The van der Waals surface area contributed by atoms with Gasteiger partial charge >= 0.3 is 5.97 Å².